The smallest absolute Gasteiger partial charge is 0.220 e. The molecule has 3 nitrogen and oxygen atoms in total. The molecule has 2 saturated carbocycles. The molecule has 0 aromatic heterocycles. The van der Waals surface area contributed by atoms with Crippen molar-refractivity contribution in [2.24, 2.45) is 17.3 Å². The van der Waals surface area contributed by atoms with Crippen molar-refractivity contribution in [2.45, 2.75) is 76.5 Å². The second-order valence-corrected chi connectivity index (χ2v) is 10.3. The van der Waals surface area contributed by atoms with Crippen LogP contribution in [0, 0.1) is 17.3 Å². The number of hydrogen-bond donors (Lipinski definition) is 2. The number of hydrogen-bond acceptors (Lipinski definition) is 2. The van der Waals surface area contributed by atoms with E-state index >= 15 is 0 Å². The molecule has 2 N–H and O–H groups in total. The molecular weight excluding hydrogens is 344 g/mol. The van der Waals surface area contributed by atoms with Gasteiger partial charge in [0.25, 0.3) is 0 Å². The van der Waals surface area contributed by atoms with Crippen molar-refractivity contribution in [3.05, 3.63) is 35.9 Å². The SMILES string of the molecule is CC12CCCC(c3ccccc3)(CC(CCC(=O)NCC3CCNCC3)C1)C2. The highest BCUT2D eigenvalue weighted by Crippen LogP contribution is 2.58. The summed E-state index contributed by atoms with van der Waals surface area (Å²) >= 11 is 0. The first-order chi connectivity index (χ1) is 13.6. The fraction of sp³-hybridized carbons (Fsp3) is 0.720. The molecular formula is C25H38N2O. The van der Waals surface area contributed by atoms with Crippen LogP contribution in [0.25, 0.3) is 0 Å². The van der Waals surface area contributed by atoms with Crippen molar-refractivity contribution >= 4 is 5.91 Å². The molecule has 3 unspecified atom stereocenters. The molecule has 1 aliphatic heterocycles. The number of benzene rings is 1. The number of rotatable bonds is 6. The van der Waals surface area contributed by atoms with Crippen molar-refractivity contribution in [1.29, 1.82) is 0 Å². The van der Waals surface area contributed by atoms with Crippen LogP contribution in [0.2, 0.25) is 0 Å². The average Bonchev–Trinajstić information content (AvgIpc) is 2.71. The van der Waals surface area contributed by atoms with Crippen LogP contribution >= 0.6 is 0 Å². The van der Waals surface area contributed by atoms with E-state index in [2.05, 4.69) is 47.9 Å². The molecule has 4 rings (SSSR count). The zero-order chi connectivity index (χ0) is 19.5. The number of carbonyl (C=O) groups excluding carboxylic acids is 1. The third-order valence-corrected chi connectivity index (χ3v) is 7.87. The maximum absolute atomic E-state index is 12.5. The maximum Gasteiger partial charge on any atom is 0.220 e. The third kappa shape index (κ3) is 4.62. The molecule has 1 aromatic carbocycles. The summed E-state index contributed by atoms with van der Waals surface area (Å²) in [6.45, 7) is 5.58. The molecule has 0 spiro atoms. The molecule has 1 aromatic rings. The van der Waals surface area contributed by atoms with Crippen LogP contribution < -0.4 is 10.6 Å². The van der Waals surface area contributed by atoms with Gasteiger partial charge in [-0.25, -0.2) is 0 Å². The summed E-state index contributed by atoms with van der Waals surface area (Å²) in [6, 6.07) is 11.2. The summed E-state index contributed by atoms with van der Waals surface area (Å²) in [6.07, 6.45) is 12.1. The van der Waals surface area contributed by atoms with Gasteiger partial charge in [0.2, 0.25) is 5.91 Å². The molecule has 28 heavy (non-hydrogen) atoms. The third-order valence-electron chi connectivity index (χ3n) is 7.87. The van der Waals surface area contributed by atoms with Gasteiger partial charge in [-0.05, 0) is 92.7 Å². The Labute approximate surface area is 171 Å². The van der Waals surface area contributed by atoms with Crippen LogP contribution in [0.15, 0.2) is 30.3 Å². The summed E-state index contributed by atoms with van der Waals surface area (Å²) in [4.78, 5) is 12.5. The molecule has 3 aliphatic rings. The van der Waals surface area contributed by atoms with Crippen molar-refractivity contribution in [2.75, 3.05) is 19.6 Å². The van der Waals surface area contributed by atoms with Crippen LogP contribution in [0.5, 0.6) is 0 Å². The summed E-state index contributed by atoms with van der Waals surface area (Å²) < 4.78 is 0. The fourth-order valence-corrected chi connectivity index (χ4v) is 6.65. The van der Waals surface area contributed by atoms with E-state index in [0.717, 1.165) is 26.1 Å². The fourth-order valence-electron chi connectivity index (χ4n) is 6.65. The Morgan fingerprint density at radius 2 is 1.89 bits per heavy atom. The number of fused-ring (bicyclic) bond motifs is 2. The molecule has 2 aliphatic carbocycles. The summed E-state index contributed by atoms with van der Waals surface area (Å²) in [5, 5.41) is 6.62. The molecule has 2 bridgehead atoms. The number of carbonyl (C=O) groups is 1. The Morgan fingerprint density at radius 1 is 1.11 bits per heavy atom. The quantitative estimate of drug-likeness (QED) is 0.741. The Hall–Kier alpha value is -1.35. The lowest BCUT2D eigenvalue weighted by Crippen LogP contribution is -2.45. The first kappa shape index (κ1) is 19.9. The van der Waals surface area contributed by atoms with Gasteiger partial charge in [-0.1, -0.05) is 43.7 Å². The van der Waals surface area contributed by atoms with E-state index in [1.165, 1.54) is 51.4 Å². The van der Waals surface area contributed by atoms with E-state index < -0.39 is 0 Å². The second kappa shape index (κ2) is 8.57. The first-order valence-electron chi connectivity index (χ1n) is 11.6. The zero-order valence-electron chi connectivity index (χ0n) is 17.6. The predicted octanol–water partition coefficient (Wildman–Crippen LogP) is 4.81. The lowest BCUT2D eigenvalue weighted by atomic mass is 9.50. The zero-order valence-corrected chi connectivity index (χ0v) is 17.6. The summed E-state index contributed by atoms with van der Waals surface area (Å²) in [5.74, 6) is 1.62. The van der Waals surface area contributed by atoms with Gasteiger partial charge in [-0.15, -0.1) is 0 Å². The van der Waals surface area contributed by atoms with Gasteiger partial charge in [0, 0.05) is 13.0 Å². The Kier molecular flexibility index (Phi) is 6.10. The lowest BCUT2D eigenvalue weighted by molar-refractivity contribution is -0.121. The van der Waals surface area contributed by atoms with Gasteiger partial charge < -0.3 is 10.6 Å². The highest BCUT2D eigenvalue weighted by Gasteiger charge is 2.49. The van der Waals surface area contributed by atoms with E-state index in [0.29, 0.717) is 29.1 Å². The topological polar surface area (TPSA) is 41.1 Å². The van der Waals surface area contributed by atoms with Crippen LogP contribution in [0.1, 0.15) is 76.7 Å². The standard InChI is InChI=1S/C25H38N2O/c1-24-12-5-13-25(19-24,22-6-3-2-4-7-22)17-21(16-24)8-9-23(28)27-18-20-10-14-26-15-11-20/h2-4,6-7,20-21,26H,5,8-19H2,1H3,(H,27,28). The van der Waals surface area contributed by atoms with Crippen molar-refractivity contribution < 1.29 is 4.79 Å². The predicted molar refractivity (Wildman–Crippen MR) is 115 cm³/mol. The largest absolute Gasteiger partial charge is 0.356 e. The van der Waals surface area contributed by atoms with Crippen LogP contribution in [0.4, 0.5) is 0 Å². The molecule has 154 valence electrons. The Bertz CT molecular complexity index is 654. The normalized spacial score (nSPS) is 33.4. The van der Waals surface area contributed by atoms with Crippen LogP contribution in [-0.4, -0.2) is 25.5 Å². The van der Waals surface area contributed by atoms with Crippen LogP contribution in [-0.2, 0) is 10.2 Å². The highest BCUT2D eigenvalue weighted by atomic mass is 16.1. The number of nitrogens with one attached hydrogen (secondary N) is 2. The van der Waals surface area contributed by atoms with Gasteiger partial charge in [-0.2, -0.15) is 0 Å². The lowest BCUT2D eigenvalue weighted by Gasteiger charge is -2.54. The van der Waals surface area contributed by atoms with E-state index in [4.69, 9.17) is 0 Å². The molecule has 0 radical (unpaired) electrons. The van der Waals surface area contributed by atoms with E-state index in [1.54, 1.807) is 5.56 Å². The molecule has 3 fully saturated rings. The van der Waals surface area contributed by atoms with Gasteiger partial charge >= 0.3 is 0 Å². The van der Waals surface area contributed by atoms with Crippen molar-refractivity contribution in [1.82, 2.24) is 10.6 Å². The minimum atomic E-state index is 0.271. The minimum absolute atomic E-state index is 0.271. The molecule has 3 atom stereocenters. The average molecular weight is 383 g/mol. The van der Waals surface area contributed by atoms with E-state index in [-0.39, 0.29) is 5.91 Å². The molecule has 3 heteroatoms. The van der Waals surface area contributed by atoms with E-state index in [9.17, 15) is 4.79 Å². The van der Waals surface area contributed by atoms with Crippen molar-refractivity contribution in [3.8, 4) is 0 Å². The van der Waals surface area contributed by atoms with Gasteiger partial charge in [0.15, 0.2) is 0 Å². The van der Waals surface area contributed by atoms with Crippen molar-refractivity contribution in [3.63, 3.8) is 0 Å². The number of piperidine rings is 1. The summed E-state index contributed by atoms with van der Waals surface area (Å²) in [7, 11) is 0. The van der Waals surface area contributed by atoms with E-state index in [1.807, 2.05) is 0 Å². The monoisotopic (exact) mass is 382 g/mol. The molecule has 1 saturated heterocycles. The number of amides is 1. The van der Waals surface area contributed by atoms with Gasteiger partial charge in [-0.3, -0.25) is 4.79 Å². The van der Waals surface area contributed by atoms with Gasteiger partial charge in [0.05, 0.1) is 0 Å². The Morgan fingerprint density at radius 3 is 2.68 bits per heavy atom. The van der Waals surface area contributed by atoms with Crippen LogP contribution in [0.3, 0.4) is 0 Å². The molecule has 1 amide bonds. The Balaban J connectivity index is 1.34. The second-order valence-electron chi connectivity index (χ2n) is 10.3. The maximum atomic E-state index is 12.5. The van der Waals surface area contributed by atoms with Gasteiger partial charge in [0.1, 0.15) is 0 Å². The molecule has 1 heterocycles. The highest BCUT2D eigenvalue weighted by molar-refractivity contribution is 5.75. The minimum Gasteiger partial charge on any atom is -0.356 e. The first-order valence-corrected chi connectivity index (χ1v) is 11.6. The summed E-state index contributed by atoms with van der Waals surface area (Å²) in [5.41, 5.74) is 2.35.